The largest absolute Gasteiger partial charge is 0.393 e. The van der Waals surface area contributed by atoms with Crippen LogP contribution in [0.4, 0.5) is 0 Å². The first kappa shape index (κ1) is 6.62. The normalized spacial score (nSPS) is 48.0. The van der Waals surface area contributed by atoms with Crippen molar-refractivity contribution in [2.75, 3.05) is 13.6 Å². The van der Waals surface area contributed by atoms with Gasteiger partial charge in [-0.05, 0) is 32.2 Å². The third-order valence-corrected chi connectivity index (χ3v) is 2.92. The highest BCUT2D eigenvalue weighted by atomic mass is 16.3. The fraction of sp³-hybridized carbons (Fsp3) is 1.00. The molecule has 2 fully saturated rings. The van der Waals surface area contributed by atoms with Crippen LogP contribution in [0.25, 0.3) is 0 Å². The highest BCUT2D eigenvalue weighted by molar-refractivity contribution is 4.90. The van der Waals surface area contributed by atoms with Gasteiger partial charge < -0.3 is 10.0 Å². The Morgan fingerprint density at radius 3 is 2.80 bits per heavy atom. The molecule has 0 spiro atoms. The molecule has 2 nitrogen and oxygen atoms in total. The van der Waals surface area contributed by atoms with Crippen molar-refractivity contribution in [3.63, 3.8) is 0 Å². The molecule has 2 rings (SSSR count). The second-order valence-electron chi connectivity index (χ2n) is 3.82. The van der Waals surface area contributed by atoms with Crippen molar-refractivity contribution in [3.05, 3.63) is 0 Å². The van der Waals surface area contributed by atoms with Gasteiger partial charge in [-0.2, -0.15) is 0 Å². The molecular formula is C8H15NO. The Kier molecular flexibility index (Phi) is 1.46. The van der Waals surface area contributed by atoms with E-state index in [0.29, 0.717) is 6.04 Å². The zero-order chi connectivity index (χ0) is 7.14. The summed E-state index contributed by atoms with van der Waals surface area (Å²) in [5.41, 5.74) is 0. The standard InChI is InChI=1S/C8H15NO/c1-9-5-6-2-7(9)4-8(10)3-6/h6-8,10H,2-5H2,1H3. The molecule has 0 radical (unpaired) electrons. The first-order chi connectivity index (χ1) is 4.75. The number of aliphatic hydroxyl groups excluding tert-OH is 1. The Morgan fingerprint density at radius 2 is 2.10 bits per heavy atom. The molecule has 0 aromatic rings. The molecule has 1 saturated heterocycles. The SMILES string of the molecule is CN1CC2CC(O)CC1C2. The summed E-state index contributed by atoms with van der Waals surface area (Å²) >= 11 is 0. The molecule has 2 bridgehead atoms. The third-order valence-electron chi connectivity index (χ3n) is 2.92. The Labute approximate surface area is 61.8 Å². The van der Waals surface area contributed by atoms with E-state index in [0.717, 1.165) is 18.8 Å². The maximum atomic E-state index is 9.38. The van der Waals surface area contributed by atoms with E-state index in [9.17, 15) is 5.11 Å². The van der Waals surface area contributed by atoms with Gasteiger partial charge in [0, 0.05) is 12.6 Å². The topological polar surface area (TPSA) is 23.5 Å². The second kappa shape index (κ2) is 2.21. The van der Waals surface area contributed by atoms with Gasteiger partial charge in [-0.1, -0.05) is 0 Å². The predicted octanol–water partition coefficient (Wildman–Crippen LogP) is 0.461. The molecule has 1 heterocycles. The summed E-state index contributed by atoms with van der Waals surface area (Å²) in [7, 11) is 2.17. The number of likely N-dealkylation sites (tertiary alicyclic amines) is 1. The predicted molar refractivity (Wildman–Crippen MR) is 39.8 cm³/mol. The lowest BCUT2D eigenvalue weighted by Gasteiger charge is -2.24. The van der Waals surface area contributed by atoms with Gasteiger partial charge in [0.1, 0.15) is 0 Å². The number of rotatable bonds is 0. The summed E-state index contributed by atoms with van der Waals surface area (Å²) in [5.74, 6) is 0.791. The monoisotopic (exact) mass is 141 g/mol. The summed E-state index contributed by atoms with van der Waals surface area (Å²) in [6, 6.07) is 0.689. The quantitative estimate of drug-likeness (QED) is 0.530. The molecule has 2 heteroatoms. The highest BCUT2D eigenvalue weighted by Gasteiger charge is 2.36. The van der Waals surface area contributed by atoms with Crippen molar-refractivity contribution >= 4 is 0 Å². The van der Waals surface area contributed by atoms with Gasteiger partial charge >= 0.3 is 0 Å². The molecule has 3 unspecified atom stereocenters. The van der Waals surface area contributed by atoms with Crippen LogP contribution in [0.5, 0.6) is 0 Å². The molecule has 1 N–H and O–H groups in total. The Morgan fingerprint density at radius 1 is 1.30 bits per heavy atom. The average molecular weight is 141 g/mol. The molecule has 0 aromatic carbocycles. The van der Waals surface area contributed by atoms with Crippen LogP contribution in [-0.4, -0.2) is 35.7 Å². The maximum absolute atomic E-state index is 9.38. The van der Waals surface area contributed by atoms with Crippen LogP contribution in [0.1, 0.15) is 19.3 Å². The summed E-state index contributed by atoms with van der Waals surface area (Å²) < 4.78 is 0. The van der Waals surface area contributed by atoms with Crippen LogP contribution in [0.3, 0.4) is 0 Å². The molecule has 1 aliphatic heterocycles. The lowest BCUT2D eigenvalue weighted by Crippen LogP contribution is -2.29. The van der Waals surface area contributed by atoms with Crippen LogP contribution >= 0.6 is 0 Å². The molecule has 58 valence electrons. The van der Waals surface area contributed by atoms with Gasteiger partial charge in [-0.15, -0.1) is 0 Å². The number of nitrogens with zero attached hydrogens (tertiary/aromatic N) is 1. The van der Waals surface area contributed by atoms with E-state index < -0.39 is 0 Å². The second-order valence-corrected chi connectivity index (χ2v) is 3.82. The van der Waals surface area contributed by atoms with Gasteiger partial charge in [0.2, 0.25) is 0 Å². The lowest BCUT2D eigenvalue weighted by atomic mass is 9.88. The molecule has 1 aliphatic carbocycles. The molecule has 2 aliphatic rings. The summed E-state index contributed by atoms with van der Waals surface area (Å²) in [4.78, 5) is 2.39. The van der Waals surface area contributed by atoms with Crippen LogP contribution in [0.15, 0.2) is 0 Å². The van der Waals surface area contributed by atoms with Crippen molar-refractivity contribution in [1.29, 1.82) is 0 Å². The zero-order valence-corrected chi connectivity index (χ0v) is 6.45. The summed E-state index contributed by atoms with van der Waals surface area (Å²) in [6.45, 7) is 1.21. The van der Waals surface area contributed by atoms with Gasteiger partial charge in [-0.25, -0.2) is 0 Å². The zero-order valence-electron chi connectivity index (χ0n) is 6.45. The molecule has 10 heavy (non-hydrogen) atoms. The maximum Gasteiger partial charge on any atom is 0.0558 e. The molecule has 0 amide bonds. The molecule has 0 aromatic heterocycles. The van der Waals surface area contributed by atoms with Crippen LogP contribution in [0.2, 0.25) is 0 Å². The van der Waals surface area contributed by atoms with Crippen molar-refractivity contribution < 1.29 is 5.11 Å². The van der Waals surface area contributed by atoms with E-state index >= 15 is 0 Å². The Bertz CT molecular complexity index is 132. The van der Waals surface area contributed by atoms with Gasteiger partial charge in [0.25, 0.3) is 0 Å². The van der Waals surface area contributed by atoms with Gasteiger partial charge in [-0.3, -0.25) is 0 Å². The molecular weight excluding hydrogens is 126 g/mol. The van der Waals surface area contributed by atoms with Crippen molar-refractivity contribution in [3.8, 4) is 0 Å². The number of hydrogen-bond donors (Lipinski definition) is 1. The third kappa shape index (κ3) is 0.956. The summed E-state index contributed by atoms with van der Waals surface area (Å²) in [6.07, 6.45) is 3.37. The van der Waals surface area contributed by atoms with E-state index in [1.165, 1.54) is 13.0 Å². The van der Waals surface area contributed by atoms with Gasteiger partial charge in [0.15, 0.2) is 0 Å². The first-order valence-electron chi connectivity index (χ1n) is 4.14. The minimum absolute atomic E-state index is 0.00583. The number of aliphatic hydroxyl groups is 1. The molecule has 3 atom stereocenters. The minimum Gasteiger partial charge on any atom is -0.393 e. The van der Waals surface area contributed by atoms with Gasteiger partial charge in [0.05, 0.1) is 6.10 Å². The minimum atomic E-state index is -0.00583. The Balaban J connectivity index is 2.06. The van der Waals surface area contributed by atoms with E-state index in [1.54, 1.807) is 0 Å². The molecule has 1 saturated carbocycles. The fourth-order valence-corrected chi connectivity index (χ4v) is 2.44. The van der Waals surface area contributed by atoms with Crippen LogP contribution in [-0.2, 0) is 0 Å². The van der Waals surface area contributed by atoms with Crippen molar-refractivity contribution in [2.24, 2.45) is 5.92 Å². The van der Waals surface area contributed by atoms with E-state index in [1.807, 2.05) is 0 Å². The number of fused-ring (bicyclic) bond motifs is 2. The van der Waals surface area contributed by atoms with Crippen LogP contribution in [0, 0.1) is 5.92 Å². The fourth-order valence-electron chi connectivity index (χ4n) is 2.44. The van der Waals surface area contributed by atoms with E-state index in [2.05, 4.69) is 11.9 Å². The highest BCUT2D eigenvalue weighted by Crippen LogP contribution is 2.34. The Hall–Kier alpha value is -0.0800. The van der Waals surface area contributed by atoms with Crippen molar-refractivity contribution in [2.45, 2.75) is 31.4 Å². The van der Waals surface area contributed by atoms with Crippen LogP contribution < -0.4 is 0 Å². The lowest BCUT2D eigenvalue weighted by molar-refractivity contribution is 0.102. The van der Waals surface area contributed by atoms with Crippen molar-refractivity contribution in [1.82, 2.24) is 4.90 Å². The van der Waals surface area contributed by atoms with E-state index in [-0.39, 0.29) is 6.10 Å². The smallest absolute Gasteiger partial charge is 0.0558 e. The van der Waals surface area contributed by atoms with E-state index in [4.69, 9.17) is 0 Å². The first-order valence-corrected chi connectivity index (χ1v) is 4.14. The number of hydrogen-bond acceptors (Lipinski definition) is 2. The summed E-state index contributed by atoms with van der Waals surface area (Å²) in [5, 5.41) is 9.38. The average Bonchev–Trinajstić information content (AvgIpc) is 2.07.